The lowest BCUT2D eigenvalue weighted by Crippen LogP contribution is -2.51. The molecule has 2 saturated carbocycles. The Hall–Kier alpha value is -1.79. The smallest absolute Gasteiger partial charge is 0.407 e. The average molecular weight is 339 g/mol. The number of amides is 1. The molecule has 7 heteroatoms. The molecule has 1 saturated heterocycles. The van der Waals surface area contributed by atoms with Crippen LogP contribution in [0.25, 0.3) is 0 Å². The van der Waals surface area contributed by atoms with Gasteiger partial charge < -0.3 is 19.9 Å². The van der Waals surface area contributed by atoms with Crippen LogP contribution in [0.15, 0.2) is 0 Å². The molecular weight excluding hydrogens is 314 g/mol. The molecule has 0 aromatic carbocycles. The van der Waals surface area contributed by atoms with Crippen LogP contribution >= 0.6 is 0 Å². The molecule has 0 spiro atoms. The number of cyclic esters (lactones) is 1. The van der Waals surface area contributed by atoms with Gasteiger partial charge in [-0.1, -0.05) is 0 Å². The van der Waals surface area contributed by atoms with E-state index in [-0.39, 0.29) is 41.8 Å². The maximum absolute atomic E-state index is 12.1. The van der Waals surface area contributed by atoms with Crippen LogP contribution in [-0.2, 0) is 19.1 Å². The Labute approximate surface area is 141 Å². The van der Waals surface area contributed by atoms with Crippen LogP contribution in [0.3, 0.4) is 0 Å². The maximum Gasteiger partial charge on any atom is 0.407 e. The lowest BCUT2D eigenvalue weighted by molar-refractivity contribution is -0.153. The van der Waals surface area contributed by atoms with Crippen molar-refractivity contribution in [1.82, 2.24) is 5.32 Å². The van der Waals surface area contributed by atoms with Crippen LogP contribution in [-0.4, -0.2) is 41.9 Å². The molecular formula is C17H25NO6. The number of carbonyl (C=O) groups is 3. The summed E-state index contributed by atoms with van der Waals surface area (Å²) >= 11 is 0. The van der Waals surface area contributed by atoms with Gasteiger partial charge in [-0.15, -0.1) is 0 Å². The number of rotatable bonds is 3. The summed E-state index contributed by atoms with van der Waals surface area (Å²) in [6.07, 6.45) is 2.06. The first-order valence-electron chi connectivity index (χ1n) is 8.79. The summed E-state index contributed by atoms with van der Waals surface area (Å²) in [5, 5.41) is 12.6. The number of hydrogen-bond donors (Lipinski definition) is 2. The van der Waals surface area contributed by atoms with Crippen molar-refractivity contribution in [3.8, 4) is 0 Å². The van der Waals surface area contributed by atoms with Gasteiger partial charge in [-0.25, -0.2) is 4.79 Å². The number of alkyl carbamates (subject to hydrolysis) is 1. The molecule has 24 heavy (non-hydrogen) atoms. The van der Waals surface area contributed by atoms with E-state index < -0.39 is 18.0 Å². The summed E-state index contributed by atoms with van der Waals surface area (Å²) in [4.78, 5) is 35.6. The number of esters is 1. The summed E-state index contributed by atoms with van der Waals surface area (Å²) in [6, 6.07) is -0.0221. The highest BCUT2D eigenvalue weighted by molar-refractivity contribution is 5.79. The van der Waals surface area contributed by atoms with Gasteiger partial charge in [0.1, 0.15) is 6.10 Å². The van der Waals surface area contributed by atoms with Crippen LogP contribution in [0.4, 0.5) is 4.79 Å². The fraction of sp³-hybridized carbons (Fsp3) is 0.824. The van der Waals surface area contributed by atoms with Crippen molar-refractivity contribution in [3.63, 3.8) is 0 Å². The lowest BCUT2D eigenvalue weighted by Gasteiger charge is -2.46. The molecule has 3 rings (SSSR count). The van der Waals surface area contributed by atoms with Crippen LogP contribution in [0.2, 0.25) is 0 Å². The highest BCUT2D eigenvalue weighted by atomic mass is 16.6. The predicted molar refractivity (Wildman–Crippen MR) is 83.1 cm³/mol. The van der Waals surface area contributed by atoms with Gasteiger partial charge in [-0.05, 0) is 51.4 Å². The molecule has 0 radical (unpaired) electrons. The molecule has 0 aromatic rings. The van der Waals surface area contributed by atoms with E-state index in [9.17, 15) is 19.5 Å². The minimum absolute atomic E-state index is 0.0221. The third-order valence-electron chi connectivity index (χ3n) is 5.97. The third-order valence-corrected chi connectivity index (χ3v) is 5.97. The normalized spacial score (nSPS) is 40.9. The number of carboxylic acid groups (broad SMARTS) is 1. The Kier molecular flexibility index (Phi) is 4.69. The highest BCUT2D eigenvalue weighted by Gasteiger charge is 2.57. The van der Waals surface area contributed by atoms with E-state index in [1.807, 2.05) is 0 Å². The minimum Gasteiger partial charge on any atom is -0.481 e. The van der Waals surface area contributed by atoms with E-state index in [0.717, 1.165) is 12.8 Å². The second kappa shape index (κ2) is 6.61. The van der Waals surface area contributed by atoms with E-state index >= 15 is 0 Å². The van der Waals surface area contributed by atoms with Gasteiger partial charge >= 0.3 is 18.0 Å². The third kappa shape index (κ3) is 2.96. The van der Waals surface area contributed by atoms with Gasteiger partial charge in [-0.2, -0.15) is 0 Å². The van der Waals surface area contributed by atoms with Crippen molar-refractivity contribution in [2.45, 2.75) is 51.7 Å². The Balaban J connectivity index is 1.74. The summed E-state index contributed by atoms with van der Waals surface area (Å²) in [5.74, 6) is -2.04. The first-order chi connectivity index (χ1) is 11.4. The summed E-state index contributed by atoms with van der Waals surface area (Å²) in [5.41, 5.74) is 0. The minimum atomic E-state index is -0.832. The van der Waals surface area contributed by atoms with Crippen molar-refractivity contribution in [1.29, 1.82) is 0 Å². The molecule has 1 aliphatic heterocycles. The van der Waals surface area contributed by atoms with Crippen molar-refractivity contribution in [3.05, 3.63) is 0 Å². The SMILES string of the molecule is CCOC(=O)N[C@H]1CC[C@@H]2C(C1)C[C@H]1C(=O)O[C@H](C)[C@H]1[C@H]2C(=O)O. The maximum atomic E-state index is 12.1. The number of fused-ring (bicyclic) bond motifs is 2. The molecule has 1 heterocycles. The van der Waals surface area contributed by atoms with Gasteiger partial charge in [0.05, 0.1) is 18.4 Å². The Morgan fingerprint density at radius 3 is 2.75 bits per heavy atom. The first kappa shape index (κ1) is 17.0. The zero-order chi connectivity index (χ0) is 17.4. The molecule has 1 amide bonds. The lowest BCUT2D eigenvalue weighted by atomic mass is 9.57. The number of carbonyl (C=O) groups excluding carboxylic acids is 2. The van der Waals surface area contributed by atoms with E-state index in [0.29, 0.717) is 19.4 Å². The van der Waals surface area contributed by atoms with Gasteiger partial charge in [0.25, 0.3) is 0 Å². The number of aliphatic carboxylic acids is 1. The van der Waals surface area contributed by atoms with E-state index in [4.69, 9.17) is 9.47 Å². The Morgan fingerprint density at radius 1 is 1.33 bits per heavy atom. The van der Waals surface area contributed by atoms with Gasteiger partial charge in [0, 0.05) is 12.0 Å². The second-order valence-electron chi connectivity index (χ2n) is 7.22. The van der Waals surface area contributed by atoms with Crippen molar-refractivity contribution >= 4 is 18.0 Å². The van der Waals surface area contributed by atoms with E-state index in [2.05, 4.69) is 5.32 Å². The molecule has 3 aliphatic rings. The van der Waals surface area contributed by atoms with Gasteiger partial charge in [-0.3, -0.25) is 9.59 Å². The van der Waals surface area contributed by atoms with Crippen LogP contribution in [0.1, 0.15) is 39.5 Å². The predicted octanol–water partition coefficient (Wildman–Crippen LogP) is 1.80. The molecule has 3 fully saturated rings. The number of carboxylic acids is 1. The van der Waals surface area contributed by atoms with Gasteiger partial charge in [0.15, 0.2) is 0 Å². The molecule has 1 unspecified atom stereocenters. The molecule has 134 valence electrons. The topological polar surface area (TPSA) is 102 Å². The molecule has 0 bridgehead atoms. The van der Waals surface area contributed by atoms with Crippen molar-refractivity contribution in [2.24, 2.45) is 29.6 Å². The van der Waals surface area contributed by atoms with Crippen LogP contribution < -0.4 is 5.32 Å². The number of nitrogens with one attached hydrogen (secondary N) is 1. The molecule has 0 aromatic heterocycles. The summed E-state index contributed by atoms with van der Waals surface area (Å²) < 4.78 is 10.2. The van der Waals surface area contributed by atoms with E-state index in [1.54, 1.807) is 13.8 Å². The Morgan fingerprint density at radius 2 is 2.08 bits per heavy atom. The first-order valence-corrected chi connectivity index (χ1v) is 8.79. The fourth-order valence-corrected chi connectivity index (χ4v) is 5.09. The van der Waals surface area contributed by atoms with Crippen LogP contribution in [0, 0.1) is 29.6 Å². The highest BCUT2D eigenvalue weighted by Crippen LogP contribution is 2.53. The molecule has 2 aliphatic carbocycles. The number of hydrogen-bond acceptors (Lipinski definition) is 5. The molecule has 7 nitrogen and oxygen atoms in total. The monoisotopic (exact) mass is 339 g/mol. The summed E-state index contributed by atoms with van der Waals surface area (Å²) in [6.45, 7) is 3.87. The zero-order valence-corrected chi connectivity index (χ0v) is 14.1. The van der Waals surface area contributed by atoms with Gasteiger partial charge in [0.2, 0.25) is 0 Å². The molecule has 2 N–H and O–H groups in total. The van der Waals surface area contributed by atoms with Crippen molar-refractivity contribution in [2.75, 3.05) is 6.61 Å². The zero-order valence-electron chi connectivity index (χ0n) is 14.1. The van der Waals surface area contributed by atoms with E-state index in [1.165, 1.54) is 0 Å². The average Bonchev–Trinajstić information content (AvgIpc) is 2.79. The second-order valence-corrected chi connectivity index (χ2v) is 7.22. The summed E-state index contributed by atoms with van der Waals surface area (Å²) in [7, 11) is 0. The molecule has 7 atom stereocenters. The van der Waals surface area contributed by atoms with Crippen molar-refractivity contribution < 1.29 is 29.0 Å². The number of ether oxygens (including phenoxy) is 2. The standard InChI is InChI=1S/C17H25NO6/c1-3-23-17(22)18-10-4-5-11-9(6-10)7-12-13(14(11)15(19)20)8(2)24-16(12)21/h8-14H,3-7H2,1-2H3,(H,18,22)(H,19,20)/t8-,9?,10+,11-,12-,13-,14+/m1/s1. The largest absolute Gasteiger partial charge is 0.481 e. The van der Waals surface area contributed by atoms with Crippen LogP contribution in [0.5, 0.6) is 0 Å². The quantitative estimate of drug-likeness (QED) is 0.760. The Bertz CT molecular complexity index is 535. The fourth-order valence-electron chi connectivity index (χ4n) is 5.09.